The third-order valence-electron chi connectivity index (χ3n) is 2.69. The molecule has 0 atom stereocenters. The average molecular weight is 272 g/mol. The highest BCUT2D eigenvalue weighted by atomic mass is 16.5. The number of nitrogens with one attached hydrogen (secondary N) is 1. The average Bonchev–Trinajstić information content (AvgIpc) is 2.47. The van der Waals surface area contributed by atoms with Gasteiger partial charge in [0.2, 0.25) is 0 Å². The fourth-order valence-corrected chi connectivity index (χ4v) is 1.69. The fourth-order valence-electron chi connectivity index (χ4n) is 1.69. The number of pyridine rings is 2. The number of hydrogen-bond donors (Lipinski definition) is 2. The minimum absolute atomic E-state index is 0.292. The molecule has 2 rings (SSSR count). The molecule has 0 aliphatic carbocycles. The molecule has 2 aromatic rings. The molecule has 2 aromatic heterocycles. The predicted molar refractivity (Wildman–Crippen MR) is 76.2 cm³/mol. The predicted octanol–water partition coefficient (Wildman–Crippen LogP) is 1.85. The Labute approximate surface area is 117 Å². The largest absolute Gasteiger partial charge is 0.462 e. The van der Waals surface area contributed by atoms with Gasteiger partial charge in [0, 0.05) is 25.1 Å². The lowest BCUT2D eigenvalue weighted by Crippen LogP contribution is -2.12. The van der Waals surface area contributed by atoms with Crippen molar-refractivity contribution >= 4 is 17.5 Å². The Balaban J connectivity index is 2.12. The van der Waals surface area contributed by atoms with Gasteiger partial charge in [-0.05, 0) is 30.7 Å². The van der Waals surface area contributed by atoms with Crippen molar-refractivity contribution < 1.29 is 9.53 Å². The molecular weight excluding hydrogens is 256 g/mol. The van der Waals surface area contributed by atoms with Crippen LogP contribution in [0.5, 0.6) is 0 Å². The number of carbonyl (C=O) groups is 1. The van der Waals surface area contributed by atoms with Crippen molar-refractivity contribution in [2.24, 2.45) is 0 Å². The van der Waals surface area contributed by atoms with E-state index in [-0.39, 0.29) is 0 Å². The van der Waals surface area contributed by atoms with Gasteiger partial charge in [-0.3, -0.25) is 4.98 Å². The Morgan fingerprint density at radius 3 is 2.75 bits per heavy atom. The van der Waals surface area contributed by atoms with Crippen LogP contribution in [0.2, 0.25) is 0 Å². The van der Waals surface area contributed by atoms with Gasteiger partial charge in [-0.25, -0.2) is 9.78 Å². The summed E-state index contributed by atoms with van der Waals surface area (Å²) in [7, 11) is 0. The molecule has 0 saturated carbocycles. The van der Waals surface area contributed by atoms with Gasteiger partial charge in [0.25, 0.3) is 0 Å². The second-order valence-corrected chi connectivity index (χ2v) is 4.05. The molecule has 6 nitrogen and oxygen atoms in total. The third-order valence-corrected chi connectivity index (χ3v) is 2.69. The standard InChI is InChI=1S/C14H16N4O2/c1-2-20-14(19)11-5-8-17-13(12(11)15)18-9-10-3-6-16-7-4-10/h3-8H,2,9,15H2,1H3,(H,17,18). The van der Waals surface area contributed by atoms with E-state index in [2.05, 4.69) is 15.3 Å². The van der Waals surface area contributed by atoms with Gasteiger partial charge in [-0.2, -0.15) is 0 Å². The Hall–Kier alpha value is -2.63. The first-order valence-electron chi connectivity index (χ1n) is 6.26. The van der Waals surface area contributed by atoms with E-state index in [9.17, 15) is 4.79 Å². The van der Waals surface area contributed by atoms with Crippen LogP contribution in [0.1, 0.15) is 22.8 Å². The Morgan fingerprint density at radius 2 is 2.05 bits per heavy atom. The fraction of sp³-hybridized carbons (Fsp3) is 0.214. The molecule has 0 saturated heterocycles. The van der Waals surface area contributed by atoms with E-state index in [1.54, 1.807) is 25.4 Å². The van der Waals surface area contributed by atoms with Crippen LogP contribution in [0.3, 0.4) is 0 Å². The zero-order chi connectivity index (χ0) is 14.4. The smallest absolute Gasteiger partial charge is 0.340 e. The van der Waals surface area contributed by atoms with Crippen LogP contribution in [-0.2, 0) is 11.3 Å². The SMILES string of the molecule is CCOC(=O)c1ccnc(NCc2ccncc2)c1N. The summed E-state index contributed by atoms with van der Waals surface area (Å²) in [5.41, 5.74) is 7.59. The quantitative estimate of drug-likeness (QED) is 0.807. The van der Waals surface area contributed by atoms with Crippen LogP contribution in [0.25, 0.3) is 0 Å². The van der Waals surface area contributed by atoms with Gasteiger partial charge in [0.15, 0.2) is 0 Å². The third kappa shape index (κ3) is 3.23. The first kappa shape index (κ1) is 13.8. The molecule has 0 amide bonds. The van der Waals surface area contributed by atoms with Gasteiger partial charge >= 0.3 is 5.97 Å². The molecule has 0 unspecified atom stereocenters. The van der Waals surface area contributed by atoms with Crippen molar-refractivity contribution in [3.8, 4) is 0 Å². The summed E-state index contributed by atoms with van der Waals surface area (Å²) in [6, 6.07) is 5.32. The maximum Gasteiger partial charge on any atom is 0.340 e. The van der Waals surface area contributed by atoms with E-state index < -0.39 is 5.97 Å². The van der Waals surface area contributed by atoms with Gasteiger partial charge < -0.3 is 15.8 Å². The summed E-state index contributed by atoms with van der Waals surface area (Å²) in [5.74, 6) is 0.0201. The molecular formula is C14H16N4O2. The molecule has 0 aliphatic rings. The molecule has 3 N–H and O–H groups in total. The molecule has 0 spiro atoms. The van der Waals surface area contributed by atoms with E-state index in [4.69, 9.17) is 10.5 Å². The summed E-state index contributed by atoms with van der Waals surface area (Å²) in [4.78, 5) is 19.8. The summed E-state index contributed by atoms with van der Waals surface area (Å²) >= 11 is 0. The summed E-state index contributed by atoms with van der Waals surface area (Å²) < 4.78 is 4.94. The van der Waals surface area contributed by atoms with Crippen molar-refractivity contribution in [1.82, 2.24) is 9.97 Å². The van der Waals surface area contributed by atoms with Crippen LogP contribution in [0.4, 0.5) is 11.5 Å². The lowest BCUT2D eigenvalue weighted by atomic mass is 10.2. The molecule has 6 heteroatoms. The number of ether oxygens (including phenoxy) is 1. The van der Waals surface area contributed by atoms with E-state index in [1.807, 2.05) is 12.1 Å². The van der Waals surface area contributed by atoms with E-state index in [1.165, 1.54) is 6.20 Å². The van der Waals surface area contributed by atoms with Crippen LogP contribution in [0, 0.1) is 0 Å². The molecule has 0 bridgehead atoms. The minimum Gasteiger partial charge on any atom is -0.462 e. The van der Waals surface area contributed by atoms with Crippen molar-refractivity contribution in [2.45, 2.75) is 13.5 Å². The van der Waals surface area contributed by atoms with Crippen LogP contribution in [-0.4, -0.2) is 22.5 Å². The van der Waals surface area contributed by atoms with Crippen LogP contribution < -0.4 is 11.1 Å². The van der Waals surface area contributed by atoms with Crippen LogP contribution >= 0.6 is 0 Å². The highest BCUT2D eigenvalue weighted by Gasteiger charge is 2.14. The summed E-state index contributed by atoms with van der Waals surface area (Å²) in [6.07, 6.45) is 4.95. The number of carbonyl (C=O) groups excluding carboxylic acids is 1. The number of nitrogens with zero attached hydrogens (tertiary/aromatic N) is 2. The molecule has 20 heavy (non-hydrogen) atoms. The first-order valence-corrected chi connectivity index (χ1v) is 6.26. The maximum atomic E-state index is 11.7. The number of nitrogens with two attached hydrogens (primary N) is 1. The zero-order valence-corrected chi connectivity index (χ0v) is 11.2. The van der Waals surface area contributed by atoms with E-state index in [0.717, 1.165) is 5.56 Å². The zero-order valence-electron chi connectivity index (χ0n) is 11.2. The molecule has 0 radical (unpaired) electrons. The Bertz CT molecular complexity index is 587. The Kier molecular flexibility index (Phi) is 4.49. The number of esters is 1. The number of nitrogen functional groups attached to an aromatic ring is 1. The minimum atomic E-state index is -0.445. The number of hydrogen-bond acceptors (Lipinski definition) is 6. The maximum absolute atomic E-state index is 11.7. The molecule has 104 valence electrons. The normalized spacial score (nSPS) is 10.1. The van der Waals surface area contributed by atoms with E-state index >= 15 is 0 Å². The molecule has 0 fully saturated rings. The van der Waals surface area contributed by atoms with Crippen molar-refractivity contribution in [3.05, 3.63) is 47.9 Å². The Morgan fingerprint density at radius 1 is 1.30 bits per heavy atom. The van der Waals surface area contributed by atoms with Gasteiger partial charge in [-0.1, -0.05) is 0 Å². The van der Waals surface area contributed by atoms with E-state index in [0.29, 0.717) is 30.2 Å². The highest BCUT2D eigenvalue weighted by Crippen LogP contribution is 2.21. The molecule has 2 heterocycles. The lowest BCUT2D eigenvalue weighted by molar-refractivity contribution is 0.0527. The topological polar surface area (TPSA) is 90.1 Å². The number of aromatic nitrogens is 2. The highest BCUT2D eigenvalue weighted by molar-refractivity contribution is 5.97. The van der Waals surface area contributed by atoms with Gasteiger partial charge in [-0.15, -0.1) is 0 Å². The number of anilines is 2. The van der Waals surface area contributed by atoms with Crippen molar-refractivity contribution in [3.63, 3.8) is 0 Å². The van der Waals surface area contributed by atoms with Gasteiger partial charge in [0.1, 0.15) is 5.82 Å². The second kappa shape index (κ2) is 6.51. The second-order valence-electron chi connectivity index (χ2n) is 4.05. The summed E-state index contributed by atoms with van der Waals surface area (Å²) in [6.45, 7) is 2.60. The molecule has 0 aromatic carbocycles. The lowest BCUT2D eigenvalue weighted by Gasteiger charge is -2.11. The first-order chi connectivity index (χ1) is 9.72. The van der Waals surface area contributed by atoms with Crippen molar-refractivity contribution in [1.29, 1.82) is 0 Å². The van der Waals surface area contributed by atoms with Crippen LogP contribution in [0.15, 0.2) is 36.8 Å². The monoisotopic (exact) mass is 272 g/mol. The van der Waals surface area contributed by atoms with Crippen molar-refractivity contribution in [2.75, 3.05) is 17.7 Å². The number of rotatable bonds is 5. The molecule has 0 aliphatic heterocycles. The summed E-state index contributed by atoms with van der Waals surface area (Å²) in [5, 5.41) is 3.09. The van der Waals surface area contributed by atoms with Gasteiger partial charge in [0.05, 0.1) is 17.9 Å².